The molecule has 1 aromatic rings. The lowest BCUT2D eigenvalue weighted by Gasteiger charge is -2.29. The molecular formula is C24H25NO10. The van der Waals surface area contributed by atoms with Crippen molar-refractivity contribution in [2.75, 3.05) is 7.11 Å². The van der Waals surface area contributed by atoms with E-state index >= 15 is 0 Å². The van der Waals surface area contributed by atoms with Crippen molar-refractivity contribution in [3.63, 3.8) is 0 Å². The summed E-state index contributed by atoms with van der Waals surface area (Å²) < 4.78 is 10.2. The highest BCUT2D eigenvalue weighted by Gasteiger charge is 2.56. The second kappa shape index (κ2) is 8.90. The number of benzene rings is 1. The van der Waals surface area contributed by atoms with Crippen LogP contribution in [0.1, 0.15) is 55.1 Å². The molecule has 0 saturated carbocycles. The summed E-state index contributed by atoms with van der Waals surface area (Å²) in [5.41, 5.74) is -2.50. The van der Waals surface area contributed by atoms with E-state index in [1.165, 1.54) is 34.8 Å². The number of aromatic hydroxyl groups is 2. The summed E-state index contributed by atoms with van der Waals surface area (Å²) in [5, 5.41) is 33.4. The molecule has 11 nitrogen and oxygen atoms in total. The molecule has 0 radical (unpaired) electrons. The van der Waals surface area contributed by atoms with E-state index in [0.29, 0.717) is 0 Å². The summed E-state index contributed by atoms with van der Waals surface area (Å²) in [6.45, 7) is 5.30. The Balaban J connectivity index is 2.13. The maximum absolute atomic E-state index is 13.7. The second-order valence-electron chi connectivity index (χ2n) is 8.54. The van der Waals surface area contributed by atoms with Crippen molar-refractivity contribution in [3.05, 3.63) is 39.8 Å². The fourth-order valence-electron chi connectivity index (χ4n) is 4.32. The first-order chi connectivity index (χ1) is 16.3. The molecule has 2 unspecified atom stereocenters. The number of phenolic OH excluding ortho intramolecular Hbond substituents is 2. The number of aliphatic carboxylic acids is 1. The van der Waals surface area contributed by atoms with Crippen molar-refractivity contribution in [2.45, 2.75) is 52.0 Å². The van der Waals surface area contributed by atoms with Gasteiger partial charge in [-0.05, 0) is 34.1 Å². The summed E-state index contributed by atoms with van der Waals surface area (Å²) in [7, 11) is 1.17. The largest absolute Gasteiger partial charge is 0.507 e. The van der Waals surface area contributed by atoms with E-state index < -0.39 is 52.2 Å². The number of ketones is 3. The minimum absolute atomic E-state index is 0.0427. The van der Waals surface area contributed by atoms with Crippen LogP contribution in [0.3, 0.4) is 0 Å². The van der Waals surface area contributed by atoms with E-state index in [1.54, 1.807) is 0 Å². The lowest BCUT2D eigenvalue weighted by Crippen LogP contribution is -2.43. The average molecular weight is 487 g/mol. The summed E-state index contributed by atoms with van der Waals surface area (Å²) in [5.74, 6) is -5.41. The van der Waals surface area contributed by atoms with E-state index in [9.17, 15) is 39.3 Å². The first-order valence-electron chi connectivity index (χ1n) is 10.6. The van der Waals surface area contributed by atoms with Gasteiger partial charge in [-0.1, -0.05) is 0 Å². The monoisotopic (exact) mass is 487 g/mol. The van der Waals surface area contributed by atoms with Crippen LogP contribution in [-0.4, -0.2) is 57.8 Å². The minimum atomic E-state index is -1.72. The number of carboxylic acids is 1. The van der Waals surface area contributed by atoms with Crippen molar-refractivity contribution < 1.29 is 48.8 Å². The lowest BCUT2D eigenvalue weighted by molar-refractivity contribution is -0.142. The van der Waals surface area contributed by atoms with Crippen LogP contribution in [0, 0.1) is 6.92 Å². The number of fused-ring (bicyclic) bond motifs is 3. The summed E-state index contributed by atoms with van der Waals surface area (Å²) in [6.07, 6.45) is 0.654. The molecule has 1 aliphatic carbocycles. The Bertz CT molecular complexity index is 1260. The van der Waals surface area contributed by atoms with Gasteiger partial charge in [0, 0.05) is 23.8 Å². The van der Waals surface area contributed by atoms with Gasteiger partial charge in [0.05, 0.1) is 18.2 Å². The zero-order valence-corrected chi connectivity index (χ0v) is 19.8. The number of hydrogen-bond acceptors (Lipinski definition) is 10. The Morgan fingerprint density at radius 3 is 2.34 bits per heavy atom. The fourth-order valence-corrected chi connectivity index (χ4v) is 4.32. The minimum Gasteiger partial charge on any atom is -0.507 e. The van der Waals surface area contributed by atoms with Gasteiger partial charge in [0.15, 0.2) is 17.3 Å². The predicted molar refractivity (Wildman–Crippen MR) is 119 cm³/mol. The van der Waals surface area contributed by atoms with Crippen LogP contribution >= 0.6 is 0 Å². The highest BCUT2D eigenvalue weighted by Crippen LogP contribution is 2.57. The molecular weight excluding hydrogens is 462 g/mol. The Labute approximate surface area is 200 Å². The van der Waals surface area contributed by atoms with Crippen molar-refractivity contribution in [1.29, 1.82) is 0 Å². The number of allylic oxidation sites excluding steroid dienone is 4. The SMILES string of the molecule is COC(=O)CCC(NC(C)=C1C(=O)C=C2Oc3c(C(C)=O)c(O)c(C)c(O)c3C2(C)C1=O)C(=O)O. The predicted octanol–water partition coefficient (Wildman–Crippen LogP) is 1.56. The van der Waals surface area contributed by atoms with Crippen LogP contribution in [0.4, 0.5) is 0 Å². The second-order valence-corrected chi connectivity index (χ2v) is 8.54. The molecule has 0 fully saturated rings. The summed E-state index contributed by atoms with van der Waals surface area (Å²) in [4.78, 5) is 62.0. The molecule has 0 aromatic heterocycles. The number of carbonyl (C=O) groups is 5. The van der Waals surface area contributed by atoms with Gasteiger partial charge in [0.1, 0.15) is 40.0 Å². The Hall–Kier alpha value is -4.15. The maximum atomic E-state index is 13.7. The molecule has 0 spiro atoms. The first-order valence-corrected chi connectivity index (χ1v) is 10.6. The van der Waals surface area contributed by atoms with Crippen molar-refractivity contribution >= 4 is 29.3 Å². The van der Waals surface area contributed by atoms with Gasteiger partial charge >= 0.3 is 11.9 Å². The van der Waals surface area contributed by atoms with Gasteiger partial charge in [0.2, 0.25) is 0 Å². The van der Waals surface area contributed by atoms with Crippen LogP contribution in [0.2, 0.25) is 0 Å². The third-order valence-electron chi connectivity index (χ3n) is 6.31. The van der Waals surface area contributed by atoms with Gasteiger partial charge in [-0.2, -0.15) is 0 Å². The Morgan fingerprint density at radius 2 is 1.80 bits per heavy atom. The normalized spacial score (nSPS) is 20.8. The fraction of sp³-hybridized carbons (Fsp3) is 0.375. The molecule has 4 N–H and O–H groups in total. The molecule has 1 aliphatic heterocycles. The van der Waals surface area contributed by atoms with E-state index in [-0.39, 0.29) is 52.3 Å². The summed E-state index contributed by atoms with van der Waals surface area (Å²) >= 11 is 0. The molecule has 0 amide bonds. The number of carbonyl (C=O) groups excluding carboxylic acids is 4. The van der Waals surface area contributed by atoms with Crippen LogP contribution in [0.25, 0.3) is 0 Å². The van der Waals surface area contributed by atoms with Crippen LogP contribution in [0.5, 0.6) is 17.2 Å². The zero-order chi connectivity index (χ0) is 26.4. The highest BCUT2D eigenvalue weighted by molar-refractivity contribution is 6.31. The number of hydrogen-bond donors (Lipinski definition) is 4. The third kappa shape index (κ3) is 3.92. The Morgan fingerprint density at radius 1 is 1.17 bits per heavy atom. The maximum Gasteiger partial charge on any atom is 0.326 e. The van der Waals surface area contributed by atoms with Crippen molar-refractivity contribution in [3.8, 4) is 17.2 Å². The zero-order valence-electron chi connectivity index (χ0n) is 19.8. The number of esters is 1. The average Bonchev–Trinajstić information content (AvgIpc) is 3.07. The Kier molecular flexibility index (Phi) is 6.47. The molecule has 186 valence electrons. The van der Waals surface area contributed by atoms with Crippen molar-refractivity contribution in [2.24, 2.45) is 0 Å². The van der Waals surface area contributed by atoms with E-state index in [2.05, 4.69) is 10.1 Å². The topological polar surface area (TPSA) is 177 Å². The van der Waals surface area contributed by atoms with Crippen LogP contribution in [-0.2, 0) is 29.3 Å². The molecule has 1 heterocycles. The number of carboxylic acid groups (broad SMARTS) is 1. The molecule has 35 heavy (non-hydrogen) atoms. The highest BCUT2D eigenvalue weighted by atomic mass is 16.5. The van der Waals surface area contributed by atoms with Gasteiger partial charge in [-0.15, -0.1) is 0 Å². The number of ether oxygens (including phenoxy) is 2. The summed E-state index contributed by atoms with van der Waals surface area (Å²) in [6, 6.07) is -1.30. The first kappa shape index (κ1) is 25.5. The van der Waals surface area contributed by atoms with E-state index in [0.717, 1.165) is 6.08 Å². The standard InChI is InChI=1S/C24H25NO10/c1-9-19(29)17(11(3)26)21-18(20(9)30)24(4)14(35-21)8-13(27)16(22(24)31)10(2)25-12(23(32)33)6-7-15(28)34-5/h8,12,25,29-30H,6-7H2,1-5H3,(H,32,33). The molecule has 2 aliphatic rings. The van der Waals surface area contributed by atoms with Gasteiger partial charge in [-0.3, -0.25) is 19.2 Å². The lowest BCUT2D eigenvalue weighted by atomic mass is 9.70. The van der Waals surface area contributed by atoms with E-state index in [1.807, 2.05) is 0 Å². The van der Waals surface area contributed by atoms with Crippen molar-refractivity contribution in [1.82, 2.24) is 5.32 Å². The molecule has 0 bridgehead atoms. The van der Waals surface area contributed by atoms with Gasteiger partial charge in [0.25, 0.3) is 0 Å². The molecule has 2 atom stereocenters. The molecule has 1 aromatic carbocycles. The molecule has 11 heteroatoms. The van der Waals surface area contributed by atoms with Crippen LogP contribution in [0.15, 0.2) is 23.1 Å². The number of phenols is 2. The quantitative estimate of drug-likeness (QED) is 0.190. The number of methoxy groups -OCH3 is 1. The van der Waals surface area contributed by atoms with Crippen LogP contribution < -0.4 is 10.1 Å². The number of rotatable bonds is 7. The molecule has 0 saturated heterocycles. The smallest absolute Gasteiger partial charge is 0.326 e. The number of nitrogens with one attached hydrogen (secondary N) is 1. The number of Topliss-reactive ketones (excluding diaryl/α,β-unsaturated/α-hetero) is 2. The van der Waals surface area contributed by atoms with Gasteiger partial charge in [-0.25, -0.2) is 4.79 Å². The van der Waals surface area contributed by atoms with Gasteiger partial charge < -0.3 is 30.1 Å². The molecule has 3 rings (SSSR count). The third-order valence-corrected chi connectivity index (χ3v) is 6.31. The van der Waals surface area contributed by atoms with E-state index in [4.69, 9.17) is 4.74 Å².